The molecule has 0 spiro atoms. The van der Waals surface area contributed by atoms with E-state index in [2.05, 4.69) is 46.1 Å². The van der Waals surface area contributed by atoms with E-state index in [1.54, 1.807) is 0 Å². The van der Waals surface area contributed by atoms with Gasteiger partial charge in [-0.05, 0) is 13.0 Å². The van der Waals surface area contributed by atoms with Crippen LogP contribution in [0, 0.1) is 0 Å². The van der Waals surface area contributed by atoms with Crippen LogP contribution in [0.2, 0.25) is 0 Å². The van der Waals surface area contributed by atoms with E-state index < -0.39 is 6.16 Å². The van der Waals surface area contributed by atoms with E-state index in [0.29, 0.717) is 46.1 Å². The SMILES string of the molecule is CCCN1CCN(CCOC(OCCN2CCN(CCN)CC2)(OCCN2CCN(CCN)CC2)OCCN2CCN(CCN)CC2)CC1. The summed E-state index contributed by atoms with van der Waals surface area (Å²) in [7, 11) is 0. The van der Waals surface area contributed by atoms with Crippen molar-refractivity contribution < 1.29 is 18.9 Å². The summed E-state index contributed by atoms with van der Waals surface area (Å²) >= 11 is 0. The second kappa shape index (κ2) is 23.9. The minimum Gasteiger partial charge on any atom is -0.329 e. The molecule has 0 aromatic heterocycles. The van der Waals surface area contributed by atoms with Crippen molar-refractivity contribution in [2.24, 2.45) is 17.2 Å². The monoisotopic (exact) mass is 700 g/mol. The molecule has 0 amide bonds. The highest BCUT2D eigenvalue weighted by Crippen LogP contribution is 2.20. The minimum atomic E-state index is -1.53. The molecule has 0 saturated carbocycles. The topological polar surface area (TPSA) is 141 Å². The van der Waals surface area contributed by atoms with Crippen molar-refractivity contribution in [3.63, 3.8) is 0 Å². The van der Waals surface area contributed by atoms with Gasteiger partial charge in [-0.3, -0.25) is 34.3 Å². The lowest BCUT2D eigenvalue weighted by atomic mass is 10.3. The number of ether oxygens (including phenoxy) is 4. The average Bonchev–Trinajstić information content (AvgIpc) is 3.12. The summed E-state index contributed by atoms with van der Waals surface area (Å²) < 4.78 is 26.3. The van der Waals surface area contributed by atoms with Gasteiger partial charge >= 0.3 is 6.16 Å². The van der Waals surface area contributed by atoms with Crippen molar-refractivity contribution in [1.82, 2.24) is 39.2 Å². The van der Waals surface area contributed by atoms with Gasteiger partial charge in [0.25, 0.3) is 0 Å². The summed E-state index contributed by atoms with van der Waals surface area (Å²) in [6.45, 7) is 30.2. The van der Waals surface area contributed by atoms with Crippen molar-refractivity contribution in [2.75, 3.05) is 203 Å². The predicted molar refractivity (Wildman–Crippen MR) is 196 cm³/mol. The van der Waals surface area contributed by atoms with Crippen LogP contribution < -0.4 is 17.2 Å². The first-order valence-corrected chi connectivity index (χ1v) is 19.5. The van der Waals surface area contributed by atoms with Crippen molar-refractivity contribution >= 4 is 0 Å². The Bertz CT molecular complexity index is 686. The number of hydrogen-bond acceptors (Lipinski definition) is 15. The first-order valence-electron chi connectivity index (χ1n) is 19.5. The zero-order valence-corrected chi connectivity index (χ0v) is 31.1. The summed E-state index contributed by atoms with van der Waals surface area (Å²) in [4.78, 5) is 19.7. The Kier molecular flexibility index (Phi) is 20.0. The molecule has 4 fully saturated rings. The summed E-state index contributed by atoms with van der Waals surface area (Å²) in [6.07, 6.45) is -0.331. The fourth-order valence-corrected chi connectivity index (χ4v) is 7.26. The highest BCUT2D eigenvalue weighted by molar-refractivity contribution is 4.75. The second-order valence-corrected chi connectivity index (χ2v) is 14.0. The fourth-order valence-electron chi connectivity index (χ4n) is 7.26. The van der Waals surface area contributed by atoms with E-state index >= 15 is 0 Å². The Morgan fingerprint density at radius 3 is 0.755 bits per heavy atom. The van der Waals surface area contributed by atoms with Gasteiger partial charge < -0.3 is 41.0 Å². The Hall–Kier alpha value is -0.600. The minimum absolute atomic E-state index is 0.474. The lowest BCUT2D eigenvalue weighted by Crippen LogP contribution is -2.52. The van der Waals surface area contributed by atoms with Gasteiger partial charge in [0, 0.05) is 170 Å². The van der Waals surface area contributed by atoms with Crippen LogP contribution in [0.4, 0.5) is 0 Å². The third-order valence-corrected chi connectivity index (χ3v) is 10.5. The van der Waals surface area contributed by atoms with Crippen LogP contribution in [0.5, 0.6) is 0 Å². The number of rotatable bonds is 24. The molecule has 0 unspecified atom stereocenters. The third-order valence-electron chi connectivity index (χ3n) is 10.5. The molecule has 0 bridgehead atoms. The van der Waals surface area contributed by atoms with E-state index in [1.165, 1.54) is 13.0 Å². The molecule has 0 atom stereocenters. The number of piperazine rings is 4. The zero-order chi connectivity index (χ0) is 34.6. The first kappa shape index (κ1) is 41.2. The highest BCUT2D eigenvalue weighted by Gasteiger charge is 2.37. The molecule has 4 rings (SSSR count). The molecule has 0 aliphatic carbocycles. The van der Waals surface area contributed by atoms with Crippen LogP contribution in [-0.4, -0.2) is 248 Å². The Morgan fingerprint density at radius 1 is 0.347 bits per heavy atom. The van der Waals surface area contributed by atoms with Gasteiger partial charge in [-0.25, -0.2) is 0 Å². The molecule has 4 saturated heterocycles. The van der Waals surface area contributed by atoms with Gasteiger partial charge in [0.15, 0.2) is 0 Å². The molecule has 15 nitrogen and oxygen atoms in total. The lowest BCUT2D eigenvalue weighted by molar-refractivity contribution is -0.499. The van der Waals surface area contributed by atoms with E-state index in [4.69, 9.17) is 36.1 Å². The van der Waals surface area contributed by atoms with Crippen LogP contribution in [0.3, 0.4) is 0 Å². The van der Waals surface area contributed by atoms with E-state index in [1.807, 2.05) is 0 Å². The van der Waals surface area contributed by atoms with Gasteiger partial charge in [-0.1, -0.05) is 6.92 Å². The molecule has 0 radical (unpaired) electrons. The number of nitrogens with zero attached hydrogens (tertiary/aromatic N) is 8. The first-order chi connectivity index (χ1) is 24.0. The Morgan fingerprint density at radius 2 is 0.551 bits per heavy atom. The van der Waals surface area contributed by atoms with Gasteiger partial charge in [0.2, 0.25) is 0 Å². The quantitative estimate of drug-likeness (QED) is 0.0909. The summed E-state index contributed by atoms with van der Waals surface area (Å²) in [5, 5.41) is 0. The molecule has 49 heavy (non-hydrogen) atoms. The van der Waals surface area contributed by atoms with Crippen LogP contribution in [0.25, 0.3) is 0 Å². The molecule has 0 aromatic carbocycles. The van der Waals surface area contributed by atoms with Gasteiger partial charge in [0.1, 0.15) is 0 Å². The molecule has 4 aliphatic heterocycles. The maximum Gasteiger partial charge on any atom is 0.412 e. The average molecular weight is 700 g/mol. The van der Waals surface area contributed by atoms with Gasteiger partial charge in [-0.15, -0.1) is 0 Å². The molecule has 6 N–H and O–H groups in total. The molecule has 0 aromatic rings. The van der Waals surface area contributed by atoms with Gasteiger partial charge in [0.05, 0.1) is 26.4 Å². The van der Waals surface area contributed by atoms with Crippen molar-refractivity contribution in [3.8, 4) is 0 Å². The van der Waals surface area contributed by atoms with Crippen molar-refractivity contribution in [1.29, 1.82) is 0 Å². The van der Waals surface area contributed by atoms with Crippen LogP contribution >= 0.6 is 0 Å². The smallest absolute Gasteiger partial charge is 0.329 e. The molecule has 15 heteroatoms. The molecule has 4 heterocycles. The fraction of sp³-hybridized carbons (Fsp3) is 1.00. The molecular formula is C34H73N11O4. The zero-order valence-electron chi connectivity index (χ0n) is 31.1. The maximum absolute atomic E-state index is 6.58. The largest absolute Gasteiger partial charge is 0.412 e. The van der Waals surface area contributed by atoms with Crippen molar-refractivity contribution in [3.05, 3.63) is 0 Å². The predicted octanol–water partition coefficient (Wildman–Crippen LogP) is -2.58. The maximum atomic E-state index is 6.58. The Balaban J connectivity index is 1.34. The lowest BCUT2D eigenvalue weighted by Gasteiger charge is -2.39. The van der Waals surface area contributed by atoms with Crippen molar-refractivity contribution in [2.45, 2.75) is 19.5 Å². The van der Waals surface area contributed by atoms with Crippen LogP contribution in [0.1, 0.15) is 13.3 Å². The van der Waals surface area contributed by atoms with E-state index in [-0.39, 0.29) is 0 Å². The van der Waals surface area contributed by atoms with Crippen LogP contribution in [-0.2, 0) is 18.9 Å². The Labute approximate surface area is 297 Å². The summed E-state index contributed by atoms with van der Waals surface area (Å²) in [5.41, 5.74) is 17.4. The molecule has 4 aliphatic rings. The molecular weight excluding hydrogens is 626 g/mol. The summed E-state index contributed by atoms with van der Waals surface area (Å²) in [5.74, 6) is 0. The molecule has 288 valence electrons. The third kappa shape index (κ3) is 15.5. The number of nitrogens with two attached hydrogens (primary N) is 3. The standard InChI is InChI=1S/C34H73N11O4/c1-2-6-38-10-18-42(19-11-38)26-30-46-34(47-31-27-43-20-12-39(7-3-35)13-21-43,48-32-28-44-22-14-40(8-4-36)15-23-44)49-33-29-45-24-16-41(9-5-37)17-25-45/h2-33,35-37H2,1H3. The highest BCUT2D eigenvalue weighted by atomic mass is 17.0. The normalized spacial score (nSPS) is 22.8. The van der Waals surface area contributed by atoms with E-state index in [0.717, 1.165) is 151 Å². The second-order valence-electron chi connectivity index (χ2n) is 14.0. The van der Waals surface area contributed by atoms with Gasteiger partial charge in [-0.2, -0.15) is 0 Å². The number of hydrogen-bond donors (Lipinski definition) is 3. The summed E-state index contributed by atoms with van der Waals surface area (Å²) in [6, 6.07) is 0. The van der Waals surface area contributed by atoms with E-state index in [9.17, 15) is 0 Å². The van der Waals surface area contributed by atoms with Crippen LogP contribution in [0.15, 0.2) is 0 Å².